The normalized spacial score (nSPS) is 10.9. The number of benzene rings is 3. The van der Waals surface area contributed by atoms with Crippen LogP contribution in [0.25, 0.3) is 11.1 Å². The van der Waals surface area contributed by atoms with Crippen LogP contribution in [0.15, 0.2) is 89.1 Å². The maximum atomic E-state index is 9.91. The number of aromatic hydroxyl groups is 1. The summed E-state index contributed by atoms with van der Waals surface area (Å²) in [6.45, 7) is 0. The second-order valence-electron chi connectivity index (χ2n) is 4.61. The highest BCUT2D eigenvalue weighted by atomic mass is 16.3. The number of hydrogen-bond acceptors (Lipinski definition) is 3. The summed E-state index contributed by atoms with van der Waals surface area (Å²) in [7, 11) is 0. The topological polar surface area (TPSA) is 45.0 Å². The predicted molar refractivity (Wildman–Crippen MR) is 84.2 cm³/mol. The fraction of sp³-hybridized carbons (Fsp3) is 0. The molecular weight excluding hydrogens is 260 g/mol. The van der Waals surface area contributed by atoms with E-state index in [-0.39, 0.29) is 5.75 Å². The molecule has 21 heavy (non-hydrogen) atoms. The molecule has 0 bridgehead atoms. The minimum Gasteiger partial charge on any atom is -0.506 e. The molecular formula is C18H14N2O. The number of phenols is 1. The molecule has 3 aromatic rings. The molecule has 0 spiro atoms. The number of hydrogen-bond donors (Lipinski definition) is 1. The van der Waals surface area contributed by atoms with Crippen LogP contribution in [0, 0.1) is 0 Å². The number of phenolic OH excluding ortho intramolecular Hbond substituents is 1. The van der Waals surface area contributed by atoms with Crippen molar-refractivity contribution in [2.24, 2.45) is 10.2 Å². The summed E-state index contributed by atoms with van der Waals surface area (Å²) in [5.74, 6) is 0.120. The minimum absolute atomic E-state index is 0.120. The van der Waals surface area contributed by atoms with Crippen molar-refractivity contribution in [1.82, 2.24) is 0 Å². The van der Waals surface area contributed by atoms with Gasteiger partial charge in [-0.15, -0.1) is 5.11 Å². The van der Waals surface area contributed by atoms with Crippen LogP contribution in [0.2, 0.25) is 0 Å². The third kappa shape index (κ3) is 3.15. The zero-order chi connectivity index (χ0) is 14.5. The molecule has 0 atom stereocenters. The lowest BCUT2D eigenvalue weighted by molar-refractivity contribution is 0.476. The third-order valence-electron chi connectivity index (χ3n) is 3.11. The van der Waals surface area contributed by atoms with Crippen LogP contribution in [-0.4, -0.2) is 5.11 Å². The van der Waals surface area contributed by atoms with Gasteiger partial charge in [-0.05, 0) is 35.4 Å². The molecule has 0 saturated carbocycles. The Morgan fingerprint density at radius 3 is 2.00 bits per heavy atom. The van der Waals surface area contributed by atoms with Crippen molar-refractivity contribution in [2.75, 3.05) is 0 Å². The third-order valence-corrected chi connectivity index (χ3v) is 3.11. The predicted octanol–water partition coefficient (Wildman–Crippen LogP) is 5.47. The van der Waals surface area contributed by atoms with Gasteiger partial charge in [0.2, 0.25) is 0 Å². The van der Waals surface area contributed by atoms with Gasteiger partial charge in [-0.25, -0.2) is 0 Å². The lowest BCUT2D eigenvalue weighted by Gasteiger charge is -2.04. The van der Waals surface area contributed by atoms with Crippen LogP contribution in [0.5, 0.6) is 5.75 Å². The van der Waals surface area contributed by atoms with Gasteiger partial charge in [-0.1, -0.05) is 54.6 Å². The summed E-state index contributed by atoms with van der Waals surface area (Å²) in [5.41, 5.74) is 3.28. The molecule has 0 aliphatic heterocycles. The summed E-state index contributed by atoms with van der Waals surface area (Å²) in [6, 6.07) is 24.7. The van der Waals surface area contributed by atoms with Crippen molar-refractivity contribution in [3.8, 4) is 16.9 Å². The first-order chi connectivity index (χ1) is 10.3. The summed E-state index contributed by atoms with van der Waals surface area (Å²) < 4.78 is 0. The average molecular weight is 274 g/mol. The highest BCUT2D eigenvalue weighted by molar-refractivity contribution is 5.70. The van der Waals surface area contributed by atoms with E-state index in [4.69, 9.17) is 0 Å². The van der Waals surface area contributed by atoms with E-state index in [1.807, 2.05) is 72.8 Å². The highest BCUT2D eigenvalue weighted by Crippen LogP contribution is 2.32. The van der Waals surface area contributed by atoms with Gasteiger partial charge in [-0.3, -0.25) is 0 Å². The SMILES string of the molecule is Oc1ccc(-c2ccccc2)cc1/N=N/c1ccccc1. The van der Waals surface area contributed by atoms with Crippen LogP contribution < -0.4 is 0 Å². The van der Waals surface area contributed by atoms with Crippen LogP contribution in [0.4, 0.5) is 11.4 Å². The summed E-state index contributed by atoms with van der Waals surface area (Å²) in [5, 5.41) is 18.2. The Bertz CT molecular complexity index is 753. The maximum Gasteiger partial charge on any atom is 0.143 e. The van der Waals surface area contributed by atoms with Gasteiger partial charge in [0.05, 0.1) is 5.69 Å². The molecule has 0 amide bonds. The molecule has 0 aliphatic carbocycles. The largest absolute Gasteiger partial charge is 0.506 e. The number of nitrogens with zero attached hydrogens (tertiary/aromatic N) is 2. The number of rotatable bonds is 3. The Balaban J connectivity index is 1.94. The molecule has 0 radical (unpaired) electrons. The van der Waals surface area contributed by atoms with E-state index in [9.17, 15) is 5.11 Å². The van der Waals surface area contributed by atoms with E-state index < -0.39 is 0 Å². The molecule has 0 heterocycles. The second-order valence-corrected chi connectivity index (χ2v) is 4.61. The molecule has 0 aliphatic rings. The Kier molecular flexibility index (Phi) is 3.74. The standard InChI is InChI=1S/C18H14N2O/c21-18-12-11-15(14-7-3-1-4-8-14)13-17(18)20-19-16-9-5-2-6-10-16/h1-13,21H/b20-19+. The monoisotopic (exact) mass is 274 g/mol. The van der Waals surface area contributed by atoms with Gasteiger partial charge in [0.1, 0.15) is 11.4 Å². The minimum atomic E-state index is 0.120. The van der Waals surface area contributed by atoms with Crippen LogP contribution in [0.3, 0.4) is 0 Å². The van der Waals surface area contributed by atoms with Gasteiger partial charge in [-0.2, -0.15) is 5.11 Å². The summed E-state index contributed by atoms with van der Waals surface area (Å²) in [4.78, 5) is 0. The maximum absolute atomic E-state index is 9.91. The van der Waals surface area contributed by atoms with E-state index in [1.165, 1.54) is 0 Å². The zero-order valence-corrected chi connectivity index (χ0v) is 11.3. The van der Waals surface area contributed by atoms with Crippen molar-refractivity contribution in [1.29, 1.82) is 0 Å². The fourth-order valence-corrected chi connectivity index (χ4v) is 2.02. The van der Waals surface area contributed by atoms with Crippen LogP contribution in [0.1, 0.15) is 0 Å². The van der Waals surface area contributed by atoms with E-state index in [1.54, 1.807) is 6.07 Å². The van der Waals surface area contributed by atoms with Crippen molar-refractivity contribution in [3.05, 3.63) is 78.9 Å². The van der Waals surface area contributed by atoms with Crippen molar-refractivity contribution in [3.63, 3.8) is 0 Å². The Morgan fingerprint density at radius 2 is 1.29 bits per heavy atom. The lowest BCUT2D eigenvalue weighted by Crippen LogP contribution is -1.77. The summed E-state index contributed by atoms with van der Waals surface area (Å²) >= 11 is 0. The zero-order valence-electron chi connectivity index (χ0n) is 11.3. The first-order valence-corrected chi connectivity index (χ1v) is 6.68. The quantitative estimate of drug-likeness (QED) is 0.632. The first kappa shape index (κ1) is 13.1. The average Bonchev–Trinajstić information content (AvgIpc) is 2.56. The van der Waals surface area contributed by atoms with Crippen LogP contribution >= 0.6 is 0 Å². The van der Waals surface area contributed by atoms with Gasteiger partial charge < -0.3 is 5.11 Å². The Morgan fingerprint density at radius 1 is 0.619 bits per heavy atom. The van der Waals surface area contributed by atoms with Crippen molar-refractivity contribution in [2.45, 2.75) is 0 Å². The van der Waals surface area contributed by atoms with Crippen molar-refractivity contribution < 1.29 is 5.11 Å². The lowest BCUT2D eigenvalue weighted by atomic mass is 10.1. The van der Waals surface area contributed by atoms with Gasteiger partial charge in [0, 0.05) is 0 Å². The summed E-state index contributed by atoms with van der Waals surface area (Å²) in [6.07, 6.45) is 0. The van der Waals surface area contributed by atoms with E-state index in [0.29, 0.717) is 5.69 Å². The molecule has 0 fully saturated rings. The molecule has 0 aromatic heterocycles. The molecule has 0 unspecified atom stereocenters. The second kappa shape index (κ2) is 6.01. The smallest absolute Gasteiger partial charge is 0.143 e. The first-order valence-electron chi connectivity index (χ1n) is 6.68. The van der Waals surface area contributed by atoms with Gasteiger partial charge >= 0.3 is 0 Å². The highest BCUT2D eigenvalue weighted by Gasteiger charge is 2.03. The fourth-order valence-electron chi connectivity index (χ4n) is 2.02. The van der Waals surface area contributed by atoms with Crippen LogP contribution in [-0.2, 0) is 0 Å². The molecule has 3 rings (SSSR count). The van der Waals surface area contributed by atoms with Gasteiger partial charge in [0.25, 0.3) is 0 Å². The molecule has 1 N–H and O–H groups in total. The number of azo groups is 1. The Hall–Kier alpha value is -2.94. The molecule has 0 saturated heterocycles. The van der Waals surface area contributed by atoms with E-state index in [2.05, 4.69) is 10.2 Å². The molecule has 3 nitrogen and oxygen atoms in total. The van der Waals surface area contributed by atoms with E-state index in [0.717, 1.165) is 16.8 Å². The molecule has 102 valence electrons. The molecule has 3 heteroatoms. The van der Waals surface area contributed by atoms with Crippen molar-refractivity contribution >= 4 is 11.4 Å². The molecule has 3 aromatic carbocycles. The van der Waals surface area contributed by atoms with E-state index >= 15 is 0 Å². The van der Waals surface area contributed by atoms with Gasteiger partial charge in [0.15, 0.2) is 0 Å². The Labute approximate surface area is 123 Å².